The maximum absolute atomic E-state index is 12.4. The van der Waals surface area contributed by atoms with Gasteiger partial charge >= 0.3 is 0 Å². The van der Waals surface area contributed by atoms with E-state index in [1.807, 2.05) is 38.2 Å². The van der Waals surface area contributed by atoms with Crippen molar-refractivity contribution in [3.8, 4) is 5.69 Å². The molecule has 1 amide bonds. The van der Waals surface area contributed by atoms with Crippen molar-refractivity contribution in [3.05, 3.63) is 42.2 Å². The molecule has 0 fully saturated rings. The third-order valence-corrected chi connectivity index (χ3v) is 3.86. The smallest absolute Gasteiger partial charge is 0.274 e. The molecule has 2 rings (SSSR count). The molecule has 5 nitrogen and oxygen atoms in total. The minimum Gasteiger partial charge on any atom is -0.399 e. The average molecular weight is 286 g/mol. The van der Waals surface area contributed by atoms with Gasteiger partial charge in [0, 0.05) is 25.0 Å². The number of carbonyl (C=O) groups is 1. The molecule has 5 heteroatoms. The lowest BCUT2D eigenvalue weighted by atomic mass is 10.1. The van der Waals surface area contributed by atoms with Crippen molar-refractivity contribution < 1.29 is 4.79 Å². The number of anilines is 1. The van der Waals surface area contributed by atoms with Gasteiger partial charge in [-0.3, -0.25) is 4.79 Å². The minimum atomic E-state index is -0.0644. The van der Waals surface area contributed by atoms with Crippen LogP contribution in [0.2, 0.25) is 0 Å². The van der Waals surface area contributed by atoms with Gasteiger partial charge < -0.3 is 10.6 Å². The number of rotatable bonds is 4. The molecule has 112 valence electrons. The summed E-state index contributed by atoms with van der Waals surface area (Å²) in [5, 5.41) is 4.36. The van der Waals surface area contributed by atoms with Gasteiger partial charge in [0.2, 0.25) is 0 Å². The van der Waals surface area contributed by atoms with Gasteiger partial charge in [0.05, 0.1) is 5.69 Å². The van der Waals surface area contributed by atoms with Crippen LogP contribution in [0.1, 0.15) is 31.3 Å². The first-order chi connectivity index (χ1) is 9.90. The van der Waals surface area contributed by atoms with E-state index in [-0.39, 0.29) is 11.9 Å². The number of nitrogens with two attached hydrogens (primary N) is 1. The van der Waals surface area contributed by atoms with Gasteiger partial charge in [0.25, 0.3) is 5.91 Å². The van der Waals surface area contributed by atoms with Crippen LogP contribution in [0, 0.1) is 5.92 Å². The lowest BCUT2D eigenvalue weighted by Gasteiger charge is -2.27. The maximum atomic E-state index is 12.4. The summed E-state index contributed by atoms with van der Waals surface area (Å²) >= 11 is 0. The minimum absolute atomic E-state index is 0.0644. The van der Waals surface area contributed by atoms with Crippen LogP contribution in [-0.2, 0) is 0 Å². The van der Waals surface area contributed by atoms with Crippen molar-refractivity contribution in [3.63, 3.8) is 0 Å². The van der Waals surface area contributed by atoms with Crippen LogP contribution in [0.4, 0.5) is 5.69 Å². The Bertz CT molecular complexity index is 615. The van der Waals surface area contributed by atoms with E-state index in [9.17, 15) is 4.79 Å². The average Bonchev–Trinajstić information content (AvgIpc) is 2.95. The lowest BCUT2D eigenvalue weighted by molar-refractivity contribution is 0.0700. The highest BCUT2D eigenvalue weighted by Crippen LogP contribution is 2.14. The fourth-order valence-electron chi connectivity index (χ4n) is 2.02. The Kier molecular flexibility index (Phi) is 4.31. The van der Waals surface area contributed by atoms with Gasteiger partial charge in [-0.15, -0.1) is 0 Å². The van der Waals surface area contributed by atoms with Crippen molar-refractivity contribution >= 4 is 11.6 Å². The van der Waals surface area contributed by atoms with Crippen LogP contribution in [0.5, 0.6) is 0 Å². The molecule has 0 radical (unpaired) electrons. The highest BCUT2D eigenvalue weighted by atomic mass is 16.2. The Hall–Kier alpha value is -2.30. The SMILES string of the molecule is CC(C)C(C)N(C)C(=O)c1ccn(-c2ccc(N)cc2)n1. The number of hydrogen-bond acceptors (Lipinski definition) is 3. The molecule has 1 aromatic carbocycles. The number of nitrogens with zero attached hydrogens (tertiary/aromatic N) is 3. The zero-order valence-electron chi connectivity index (χ0n) is 12.9. The molecule has 0 spiro atoms. The standard InChI is InChI=1S/C16H22N4O/c1-11(2)12(3)19(4)16(21)15-9-10-20(18-15)14-7-5-13(17)6-8-14/h5-12H,17H2,1-4H3. The molecule has 0 aliphatic rings. The van der Waals surface area contributed by atoms with Crippen molar-refractivity contribution in [2.24, 2.45) is 5.92 Å². The first-order valence-corrected chi connectivity index (χ1v) is 7.09. The summed E-state index contributed by atoms with van der Waals surface area (Å²) in [6, 6.07) is 9.27. The van der Waals surface area contributed by atoms with Gasteiger partial charge in [-0.2, -0.15) is 5.10 Å². The molecular weight excluding hydrogens is 264 g/mol. The van der Waals surface area contributed by atoms with E-state index >= 15 is 0 Å². The van der Waals surface area contributed by atoms with Crippen molar-refractivity contribution in [1.82, 2.24) is 14.7 Å². The summed E-state index contributed by atoms with van der Waals surface area (Å²) < 4.78 is 1.68. The van der Waals surface area contributed by atoms with Crippen LogP contribution >= 0.6 is 0 Å². The molecule has 0 aliphatic carbocycles. The number of carbonyl (C=O) groups excluding carboxylic acids is 1. The molecule has 0 aliphatic heterocycles. The second kappa shape index (κ2) is 5.99. The van der Waals surface area contributed by atoms with Crippen LogP contribution in [0.3, 0.4) is 0 Å². The molecular formula is C16H22N4O. The van der Waals surface area contributed by atoms with E-state index in [4.69, 9.17) is 5.73 Å². The van der Waals surface area contributed by atoms with E-state index in [1.165, 1.54) is 0 Å². The molecule has 0 saturated carbocycles. The Labute approximate surface area is 125 Å². The molecule has 0 saturated heterocycles. The van der Waals surface area contributed by atoms with Crippen molar-refractivity contribution in [2.45, 2.75) is 26.8 Å². The quantitative estimate of drug-likeness (QED) is 0.879. The zero-order chi connectivity index (χ0) is 15.6. The highest BCUT2D eigenvalue weighted by Gasteiger charge is 2.21. The van der Waals surface area contributed by atoms with Crippen LogP contribution in [0.25, 0.3) is 5.69 Å². The van der Waals surface area contributed by atoms with E-state index < -0.39 is 0 Å². The normalized spacial score (nSPS) is 12.4. The summed E-state index contributed by atoms with van der Waals surface area (Å²) in [5.74, 6) is 0.337. The number of benzene rings is 1. The fraction of sp³-hybridized carbons (Fsp3) is 0.375. The monoisotopic (exact) mass is 286 g/mol. The molecule has 2 N–H and O–H groups in total. The van der Waals surface area contributed by atoms with Crippen molar-refractivity contribution in [2.75, 3.05) is 12.8 Å². The summed E-state index contributed by atoms with van der Waals surface area (Å²) in [7, 11) is 1.81. The lowest BCUT2D eigenvalue weighted by Crippen LogP contribution is -2.38. The van der Waals surface area contributed by atoms with Crippen molar-refractivity contribution in [1.29, 1.82) is 0 Å². The second-order valence-electron chi connectivity index (χ2n) is 5.64. The predicted molar refractivity (Wildman–Crippen MR) is 84.4 cm³/mol. The third-order valence-electron chi connectivity index (χ3n) is 3.86. The highest BCUT2D eigenvalue weighted by molar-refractivity contribution is 5.92. The first-order valence-electron chi connectivity index (χ1n) is 7.09. The third kappa shape index (κ3) is 3.24. The van der Waals surface area contributed by atoms with Gasteiger partial charge in [0.15, 0.2) is 5.69 Å². The Morgan fingerprint density at radius 2 is 1.81 bits per heavy atom. The summed E-state index contributed by atoms with van der Waals surface area (Å²) in [4.78, 5) is 14.2. The fourth-order valence-corrected chi connectivity index (χ4v) is 2.02. The van der Waals surface area contributed by atoms with Crippen LogP contribution in [0.15, 0.2) is 36.5 Å². The van der Waals surface area contributed by atoms with Crippen LogP contribution < -0.4 is 5.73 Å². The first kappa shape index (κ1) is 15.1. The van der Waals surface area contributed by atoms with Gasteiger partial charge in [-0.05, 0) is 43.2 Å². The molecule has 1 unspecified atom stereocenters. The molecule has 2 aromatic rings. The maximum Gasteiger partial charge on any atom is 0.274 e. The molecule has 1 aromatic heterocycles. The number of amides is 1. The number of hydrogen-bond donors (Lipinski definition) is 1. The summed E-state index contributed by atoms with van der Waals surface area (Å²) in [6.07, 6.45) is 1.78. The van der Waals surface area contributed by atoms with E-state index in [2.05, 4.69) is 18.9 Å². The topological polar surface area (TPSA) is 64.2 Å². The Morgan fingerprint density at radius 3 is 2.38 bits per heavy atom. The predicted octanol–water partition coefficient (Wildman–Crippen LogP) is 2.57. The zero-order valence-corrected chi connectivity index (χ0v) is 12.9. The molecule has 0 bridgehead atoms. The van der Waals surface area contributed by atoms with Gasteiger partial charge in [-0.25, -0.2) is 4.68 Å². The van der Waals surface area contributed by atoms with Gasteiger partial charge in [0.1, 0.15) is 0 Å². The van der Waals surface area contributed by atoms with E-state index in [1.54, 1.807) is 21.8 Å². The largest absolute Gasteiger partial charge is 0.399 e. The van der Waals surface area contributed by atoms with Crippen LogP contribution in [-0.4, -0.2) is 33.7 Å². The summed E-state index contributed by atoms with van der Waals surface area (Å²) in [6.45, 7) is 6.24. The number of aromatic nitrogens is 2. The molecule has 1 heterocycles. The Morgan fingerprint density at radius 1 is 1.19 bits per heavy atom. The second-order valence-corrected chi connectivity index (χ2v) is 5.64. The van der Waals surface area contributed by atoms with E-state index in [0.717, 1.165) is 5.69 Å². The number of nitrogen functional groups attached to an aromatic ring is 1. The molecule has 1 atom stereocenters. The molecule has 21 heavy (non-hydrogen) atoms. The Balaban J connectivity index is 2.19. The summed E-state index contributed by atoms with van der Waals surface area (Å²) in [5.41, 5.74) is 7.69. The van der Waals surface area contributed by atoms with E-state index in [0.29, 0.717) is 17.3 Å². The van der Waals surface area contributed by atoms with Gasteiger partial charge in [-0.1, -0.05) is 13.8 Å².